The van der Waals surface area contributed by atoms with Gasteiger partial charge in [0.2, 0.25) is 0 Å². The third-order valence-corrected chi connectivity index (χ3v) is 3.87. The smallest absolute Gasteiger partial charge is 0.126 e. The lowest BCUT2D eigenvalue weighted by molar-refractivity contribution is 0.607. The number of benzene rings is 2. The van der Waals surface area contributed by atoms with Crippen molar-refractivity contribution in [2.45, 2.75) is 17.9 Å². The Balaban J connectivity index is 2.34. The molecule has 0 radical (unpaired) electrons. The van der Waals surface area contributed by atoms with Gasteiger partial charge in [0.15, 0.2) is 0 Å². The second-order valence-electron chi connectivity index (χ2n) is 4.38. The first kappa shape index (κ1) is 14.1. The fraction of sp³-hybridized carbons (Fsp3) is 0.200. The van der Waals surface area contributed by atoms with Crippen molar-refractivity contribution in [3.05, 3.63) is 65.0 Å². The normalized spacial score (nSPS) is 12.4. The third kappa shape index (κ3) is 3.15. The van der Waals surface area contributed by atoms with Crippen molar-refractivity contribution in [1.82, 2.24) is 5.43 Å². The van der Waals surface area contributed by atoms with Gasteiger partial charge in [0.05, 0.1) is 6.04 Å². The number of hydrogen-bond donors (Lipinski definition) is 2. The van der Waals surface area contributed by atoms with Crippen molar-refractivity contribution >= 4 is 11.8 Å². The zero-order chi connectivity index (χ0) is 13.8. The Labute approximate surface area is 117 Å². The van der Waals surface area contributed by atoms with Crippen molar-refractivity contribution in [2.75, 3.05) is 6.26 Å². The van der Waals surface area contributed by atoms with E-state index < -0.39 is 0 Å². The molecule has 0 bridgehead atoms. The molecule has 2 aromatic rings. The first-order chi connectivity index (χ1) is 9.15. The number of nitrogens with one attached hydrogen (secondary N) is 1. The van der Waals surface area contributed by atoms with Gasteiger partial charge in [-0.25, -0.2) is 9.82 Å². The third-order valence-electron chi connectivity index (χ3n) is 3.13. The van der Waals surface area contributed by atoms with E-state index in [0.29, 0.717) is 5.56 Å². The van der Waals surface area contributed by atoms with Gasteiger partial charge in [0.25, 0.3) is 0 Å². The first-order valence-corrected chi connectivity index (χ1v) is 7.24. The molecule has 4 heteroatoms. The molecular weight excluding hydrogens is 259 g/mol. The molecule has 0 heterocycles. The van der Waals surface area contributed by atoms with Gasteiger partial charge in [-0.1, -0.05) is 24.3 Å². The van der Waals surface area contributed by atoms with E-state index >= 15 is 0 Å². The topological polar surface area (TPSA) is 38.0 Å². The number of rotatable bonds is 4. The molecule has 2 rings (SSSR count). The van der Waals surface area contributed by atoms with Crippen LogP contribution < -0.4 is 11.3 Å². The molecule has 0 spiro atoms. The van der Waals surface area contributed by atoms with Crippen LogP contribution in [0.5, 0.6) is 0 Å². The minimum atomic E-state index is -0.197. The Morgan fingerprint density at radius 3 is 2.26 bits per heavy atom. The minimum Gasteiger partial charge on any atom is -0.271 e. The lowest BCUT2D eigenvalue weighted by Crippen LogP contribution is -2.28. The summed E-state index contributed by atoms with van der Waals surface area (Å²) in [6, 6.07) is 13.1. The maximum atomic E-state index is 13.3. The number of nitrogens with two attached hydrogens (primary N) is 1. The summed E-state index contributed by atoms with van der Waals surface area (Å²) in [7, 11) is 0. The molecule has 100 valence electrons. The lowest BCUT2D eigenvalue weighted by atomic mass is 9.98. The van der Waals surface area contributed by atoms with Crippen LogP contribution in [0.3, 0.4) is 0 Å². The highest BCUT2D eigenvalue weighted by Gasteiger charge is 2.13. The van der Waals surface area contributed by atoms with Crippen molar-refractivity contribution in [2.24, 2.45) is 5.84 Å². The molecule has 1 atom stereocenters. The number of hydrogen-bond acceptors (Lipinski definition) is 3. The van der Waals surface area contributed by atoms with E-state index in [4.69, 9.17) is 5.84 Å². The average Bonchev–Trinajstić information content (AvgIpc) is 2.44. The summed E-state index contributed by atoms with van der Waals surface area (Å²) >= 11 is 1.70. The first-order valence-electron chi connectivity index (χ1n) is 6.02. The van der Waals surface area contributed by atoms with Crippen LogP contribution in [0.2, 0.25) is 0 Å². The molecular formula is C15H17FN2S. The zero-order valence-corrected chi connectivity index (χ0v) is 11.8. The van der Waals surface area contributed by atoms with Crippen LogP contribution in [0.25, 0.3) is 0 Å². The van der Waals surface area contributed by atoms with Gasteiger partial charge < -0.3 is 0 Å². The molecule has 19 heavy (non-hydrogen) atoms. The lowest BCUT2D eigenvalue weighted by Gasteiger charge is -2.18. The number of halogens is 1. The van der Waals surface area contributed by atoms with Gasteiger partial charge in [-0.15, -0.1) is 11.8 Å². The van der Waals surface area contributed by atoms with Crippen LogP contribution in [0.15, 0.2) is 47.4 Å². The van der Waals surface area contributed by atoms with Crippen LogP contribution in [0, 0.1) is 12.7 Å². The average molecular weight is 276 g/mol. The Morgan fingerprint density at radius 1 is 1.11 bits per heavy atom. The molecule has 0 saturated heterocycles. The predicted molar refractivity (Wildman–Crippen MR) is 78.5 cm³/mol. The van der Waals surface area contributed by atoms with E-state index in [0.717, 1.165) is 11.1 Å². The SMILES string of the molecule is CSc1ccc(C(NN)c2ccc(F)c(C)c2)cc1. The minimum absolute atomic E-state index is 0.129. The fourth-order valence-electron chi connectivity index (χ4n) is 2.03. The van der Waals surface area contributed by atoms with Gasteiger partial charge >= 0.3 is 0 Å². The standard InChI is InChI=1S/C15H17FN2S/c1-10-9-12(5-8-14(10)16)15(18-17)11-3-6-13(19-2)7-4-11/h3-9,15,18H,17H2,1-2H3. The van der Waals surface area contributed by atoms with E-state index in [-0.39, 0.29) is 11.9 Å². The van der Waals surface area contributed by atoms with Gasteiger partial charge in [-0.05, 0) is 48.1 Å². The van der Waals surface area contributed by atoms with E-state index in [1.807, 2.05) is 24.5 Å². The van der Waals surface area contributed by atoms with E-state index in [1.165, 1.54) is 11.0 Å². The van der Waals surface area contributed by atoms with Gasteiger partial charge in [-0.3, -0.25) is 5.84 Å². The summed E-state index contributed by atoms with van der Waals surface area (Å²) in [6.07, 6.45) is 2.04. The van der Waals surface area contributed by atoms with Crippen LogP contribution in [-0.4, -0.2) is 6.26 Å². The van der Waals surface area contributed by atoms with E-state index in [1.54, 1.807) is 24.8 Å². The van der Waals surface area contributed by atoms with Crippen LogP contribution in [0.4, 0.5) is 4.39 Å². The maximum absolute atomic E-state index is 13.3. The Bertz CT molecular complexity index is 555. The molecule has 2 nitrogen and oxygen atoms in total. The van der Waals surface area contributed by atoms with Gasteiger partial charge in [0, 0.05) is 4.90 Å². The van der Waals surface area contributed by atoms with Crippen molar-refractivity contribution in [3.8, 4) is 0 Å². The summed E-state index contributed by atoms with van der Waals surface area (Å²) in [5, 5.41) is 0. The molecule has 3 N–H and O–H groups in total. The summed E-state index contributed by atoms with van der Waals surface area (Å²) in [5.74, 6) is 5.45. The fourth-order valence-corrected chi connectivity index (χ4v) is 2.44. The molecule has 0 aliphatic rings. The van der Waals surface area contributed by atoms with Gasteiger partial charge in [0.1, 0.15) is 5.82 Å². The van der Waals surface area contributed by atoms with E-state index in [9.17, 15) is 4.39 Å². The summed E-state index contributed by atoms with van der Waals surface area (Å²) < 4.78 is 13.3. The van der Waals surface area contributed by atoms with Gasteiger partial charge in [-0.2, -0.15) is 0 Å². The number of hydrazine groups is 1. The highest BCUT2D eigenvalue weighted by molar-refractivity contribution is 7.98. The monoisotopic (exact) mass is 276 g/mol. The number of thioether (sulfide) groups is 1. The highest BCUT2D eigenvalue weighted by atomic mass is 32.2. The quantitative estimate of drug-likeness (QED) is 0.510. The van der Waals surface area contributed by atoms with Crippen molar-refractivity contribution in [3.63, 3.8) is 0 Å². The predicted octanol–water partition coefficient (Wildman–Crippen LogP) is 3.41. The highest BCUT2D eigenvalue weighted by Crippen LogP contribution is 2.25. The molecule has 0 saturated carbocycles. The zero-order valence-electron chi connectivity index (χ0n) is 11.0. The molecule has 0 amide bonds. The molecule has 1 unspecified atom stereocenters. The summed E-state index contributed by atoms with van der Waals surface area (Å²) in [4.78, 5) is 1.20. The van der Waals surface area contributed by atoms with Crippen molar-refractivity contribution in [1.29, 1.82) is 0 Å². The Kier molecular flexibility index (Phi) is 4.58. The molecule has 0 aliphatic carbocycles. The second kappa shape index (κ2) is 6.19. The largest absolute Gasteiger partial charge is 0.271 e. The summed E-state index contributed by atoms with van der Waals surface area (Å²) in [6.45, 7) is 1.75. The van der Waals surface area contributed by atoms with Crippen LogP contribution >= 0.6 is 11.8 Å². The molecule has 0 fully saturated rings. The maximum Gasteiger partial charge on any atom is 0.126 e. The number of aryl methyl sites for hydroxylation is 1. The summed E-state index contributed by atoms with van der Waals surface area (Å²) in [5.41, 5.74) is 5.43. The van der Waals surface area contributed by atoms with Crippen LogP contribution in [-0.2, 0) is 0 Å². The molecule has 0 aromatic heterocycles. The molecule has 2 aromatic carbocycles. The molecule has 0 aliphatic heterocycles. The Morgan fingerprint density at radius 2 is 1.74 bits per heavy atom. The van der Waals surface area contributed by atoms with Crippen molar-refractivity contribution < 1.29 is 4.39 Å². The van der Waals surface area contributed by atoms with Crippen LogP contribution in [0.1, 0.15) is 22.7 Å². The second-order valence-corrected chi connectivity index (χ2v) is 5.26. The van der Waals surface area contributed by atoms with E-state index in [2.05, 4.69) is 17.6 Å². The Hall–Kier alpha value is -1.36.